The van der Waals surface area contributed by atoms with Gasteiger partial charge in [-0.1, -0.05) is 12.0 Å². The minimum Gasteiger partial charge on any atom is -0.388 e. The predicted octanol–water partition coefficient (Wildman–Crippen LogP) is 3.33. The third-order valence-corrected chi connectivity index (χ3v) is 6.66. The molecule has 1 aliphatic heterocycles. The summed E-state index contributed by atoms with van der Waals surface area (Å²) >= 11 is 0. The molecule has 26 heavy (non-hydrogen) atoms. The van der Waals surface area contributed by atoms with Gasteiger partial charge in [0.05, 0.1) is 17.3 Å². The van der Waals surface area contributed by atoms with Crippen molar-refractivity contribution in [1.29, 1.82) is 0 Å². The molecule has 1 aromatic carbocycles. The lowest BCUT2D eigenvalue weighted by molar-refractivity contribution is 0.154. The van der Waals surface area contributed by atoms with Crippen LogP contribution in [-0.4, -0.2) is 23.2 Å². The first-order valence-corrected chi connectivity index (χ1v) is 9.70. The summed E-state index contributed by atoms with van der Waals surface area (Å²) in [6.45, 7) is 1.89. The Kier molecular flexibility index (Phi) is 3.45. The van der Waals surface area contributed by atoms with E-state index in [-0.39, 0.29) is 5.56 Å². The third kappa shape index (κ3) is 2.54. The number of anilines is 1. The molecule has 3 fully saturated rings. The number of rotatable bonds is 3. The number of benzene rings is 1. The van der Waals surface area contributed by atoms with Crippen LogP contribution in [0.1, 0.15) is 55.8 Å². The summed E-state index contributed by atoms with van der Waals surface area (Å²) in [6, 6.07) is 5.87. The number of hydrogen-bond acceptors (Lipinski definition) is 3. The molecule has 2 N–H and O–H groups in total. The molecule has 4 heteroatoms. The number of aliphatic hydroxyl groups excluding tert-OH is 1. The first kappa shape index (κ1) is 16.0. The zero-order valence-electron chi connectivity index (χ0n) is 14.9. The van der Waals surface area contributed by atoms with E-state index in [1.165, 1.54) is 25.7 Å². The van der Waals surface area contributed by atoms with Crippen molar-refractivity contribution in [3.05, 3.63) is 39.7 Å². The number of pyridine rings is 1. The molecule has 3 aliphatic rings. The highest BCUT2D eigenvalue weighted by Gasteiger charge is 2.44. The van der Waals surface area contributed by atoms with Gasteiger partial charge in [-0.25, -0.2) is 0 Å². The normalized spacial score (nSPS) is 22.4. The van der Waals surface area contributed by atoms with Crippen LogP contribution in [0.4, 0.5) is 5.69 Å². The molecule has 0 unspecified atom stereocenters. The second-order valence-corrected chi connectivity index (χ2v) is 8.40. The largest absolute Gasteiger partial charge is 0.388 e. The number of terminal acetylenes is 1. The Morgan fingerprint density at radius 1 is 1.23 bits per heavy atom. The minimum atomic E-state index is -0.426. The molecule has 4 nitrogen and oxygen atoms in total. The third-order valence-electron chi connectivity index (χ3n) is 6.66. The van der Waals surface area contributed by atoms with Crippen molar-refractivity contribution in [2.24, 2.45) is 11.3 Å². The van der Waals surface area contributed by atoms with E-state index in [9.17, 15) is 9.90 Å². The summed E-state index contributed by atoms with van der Waals surface area (Å²) in [5, 5.41) is 11.5. The van der Waals surface area contributed by atoms with Gasteiger partial charge in [0.15, 0.2) is 0 Å². The van der Waals surface area contributed by atoms with Gasteiger partial charge in [-0.2, -0.15) is 0 Å². The zero-order valence-corrected chi connectivity index (χ0v) is 14.9. The predicted molar refractivity (Wildman–Crippen MR) is 103 cm³/mol. The highest BCUT2D eigenvalue weighted by molar-refractivity contribution is 5.95. The van der Waals surface area contributed by atoms with Gasteiger partial charge in [-0.15, -0.1) is 6.42 Å². The quantitative estimate of drug-likeness (QED) is 0.837. The number of nitrogens with zero attached hydrogens (tertiary/aromatic N) is 1. The lowest BCUT2D eigenvalue weighted by Crippen LogP contribution is -2.36. The number of H-pyrrole nitrogens is 1. The molecular formula is C22H24N2O2. The van der Waals surface area contributed by atoms with E-state index in [2.05, 4.69) is 15.8 Å². The molecule has 1 atom stereocenters. The standard InChI is InChI=1S/C22H24N2O2/c1-2-16-19(24-11-9-22(7-8-22)10-12-24)17-13-15(20(25)14-3-4-14)5-6-18(17)23-21(16)26/h1,5-6,13-14,20,25H,3-4,7-12H2,(H,23,26)/t20-/m1/s1. The van der Waals surface area contributed by atoms with Crippen LogP contribution in [0.3, 0.4) is 0 Å². The van der Waals surface area contributed by atoms with Crippen molar-refractivity contribution in [2.75, 3.05) is 18.0 Å². The fraction of sp³-hybridized carbons (Fsp3) is 0.500. The number of fused-ring (bicyclic) bond motifs is 1. The fourth-order valence-electron chi connectivity index (χ4n) is 4.51. The van der Waals surface area contributed by atoms with Gasteiger partial charge < -0.3 is 15.0 Å². The van der Waals surface area contributed by atoms with Crippen molar-refractivity contribution >= 4 is 16.6 Å². The van der Waals surface area contributed by atoms with Gasteiger partial charge in [-0.3, -0.25) is 4.79 Å². The van der Waals surface area contributed by atoms with Crippen molar-refractivity contribution in [1.82, 2.24) is 4.98 Å². The average Bonchev–Trinajstić information content (AvgIpc) is 3.57. The van der Waals surface area contributed by atoms with Crippen molar-refractivity contribution < 1.29 is 5.11 Å². The molecule has 0 amide bonds. The van der Waals surface area contributed by atoms with E-state index >= 15 is 0 Å². The number of aromatic nitrogens is 1. The molecule has 2 aromatic rings. The first-order chi connectivity index (χ1) is 12.6. The Bertz CT molecular complexity index is 966. The molecule has 5 rings (SSSR count). The summed E-state index contributed by atoms with van der Waals surface area (Å²) in [6.07, 6.45) is 12.5. The van der Waals surface area contributed by atoms with Gasteiger partial charge in [0, 0.05) is 18.5 Å². The lowest BCUT2D eigenvalue weighted by Gasteiger charge is -2.35. The minimum absolute atomic E-state index is 0.197. The van der Waals surface area contributed by atoms with Crippen LogP contribution in [0.15, 0.2) is 23.0 Å². The van der Waals surface area contributed by atoms with E-state index in [0.717, 1.165) is 48.1 Å². The van der Waals surface area contributed by atoms with Crippen LogP contribution in [0, 0.1) is 23.7 Å². The van der Waals surface area contributed by atoms with Gasteiger partial charge >= 0.3 is 0 Å². The van der Waals surface area contributed by atoms with Crippen LogP contribution in [0.25, 0.3) is 10.9 Å². The van der Waals surface area contributed by atoms with Gasteiger partial charge in [-0.05, 0) is 67.6 Å². The topological polar surface area (TPSA) is 56.3 Å². The van der Waals surface area contributed by atoms with Gasteiger partial charge in [0.2, 0.25) is 0 Å². The van der Waals surface area contributed by atoms with Crippen LogP contribution < -0.4 is 10.5 Å². The van der Waals surface area contributed by atoms with Gasteiger partial charge in [0.25, 0.3) is 5.56 Å². The van der Waals surface area contributed by atoms with Crippen LogP contribution in [0.2, 0.25) is 0 Å². The SMILES string of the molecule is C#Cc1c(N2CCC3(CC2)CC3)c2cc([C@H](O)C3CC3)ccc2[nH]c1=O. The Morgan fingerprint density at radius 3 is 2.58 bits per heavy atom. The van der Waals surface area contributed by atoms with Crippen molar-refractivity contribution in [2.45, 2.75) is 44.6 Å². The summed E-state index contributed by atoms with van der Waals surface area (Å²) in [7, 11) is 0. The number of aromatic amines is 1. The number of nitrogens with one attached hydrogen (secondary N) is 1. The van der Waals surface area contributed by atoms with Gasteiger partial charge in [0.1, 0.15) is 5.56 Å². The monoisotopic (exact) mass is 348 g/mol. The smallest absolute Gasteiger partial charge is 0.266 e. The Morgan fingerprint density at radius 2 is 1.96 bits per heavy atom. The van der Waals surface area contributed by atoms with E-state index in [1.807, 2.05) is 18.2 Å². The second kappa shape index (κ2) is 5.62. The lowest BCUT2D eigenvalue weighted by atomic mass is 9.92. The number of hydrogen-bond donors (Lipinski definition) is 2. The highest BCUT2D eigenvalue weighted by Crippen LogP contribution is 2.54. The summed E-state index contributed by atoms with van der Waals surface area (Å²) < 4.78 is 0. The molecule has 134 valence electrons. The number of piperidine rings is 1. The molecule has 1 saturated heterocycles. The molecule has 2 aliphatic carbocycles. The summed E-state index contributed by atoms with van der Waals surface area (Å²) in [5.41, 5.74) is 3.39. The molecule has 0 bridgehead atoms. The maximum Gasteiger partial charge on any atom is 0.266 e. The summed E-state index contributed by atoms with van der Waals surface area (Å²) in [5.74, 6) is 3.00. The van der Waals surface area contributed by atoms with Crippen molar-refractivity contribution in [3.63, 3.8) is 0 Å². The fourth-order valence-corrected chi connectivity index (χ4v) is 4.51. The van der Waals surface area contributed by atoms with Crippen LogP contribution >= 0.6 is 0 Å². The van der Waals surface area contributed by atoms with E-state index in [1.54, 1.807) is 0 Å². The van der Waals surface area contributed by atoms with Crippen LogP contribution in [0.5, 0.6) is 0 Å². The second-order valence-electron chi connectivity index (χ2n) is 8.40. The molecule has 0 radical (unpaired) electrons. The molecule has 2 saturated carbocycles. The highest BCUT2D eigenvalue weighted by atomic mass is 16.3. The van der Waals surface area contributed by atoms with E-state index in [0.29, 0.717) is 16.9 Å². The Labute approximate surface area is 153 Å². The molecule has 2 heterocycles. The number of aliphatic hydroxyl groups is 1. The average molecular weight is 348 g/mol. The molecular weight excluding hydrogens is 324 g/mol. The zero-order chi connectivity index (χ0) is 17.9. The maximum atomic E-state index is 12.5. The van der Waals surface area contributed by atoms with E-state index in [4.69, 9.17) is 6.42 Å². The van der Waals surface area contributed by atoms with Crippen molar-refractivity contribution in [3.8, 4) is 12.3 Å². The van der Waals surface area contributed by atoms with Crippen LogP contribution in [-0.2, 0) is 0 Å². The Hall–Kier alpha value is -2.25. The molecule has 1 aromatic heterocycles. The maximum absolute atomic E-state index is 12.5. The summed E-state index contributed by atoms with van der Waals surface area (Å²) in [4.78, 5) is 17.7. The first-order valence-electron chi connectivity index (χ1n) is 9.70. The Balaban J connectivity index is 1.63. The molecule has 1 spiro atoms. The van der Waals surface area contributed by atoms with E-state index < -0.39 is 6.10 Å².